The lowest BCUT2D eigenvalue weighted by Crippen LogP contribution is -2.16. The molecule has 0 aromatic heterocycles. The number of carbonyl (C=O) groups is 4. The summed E-state index contributed by atoms with van der Waals surface area (Å²) >= 11 is 0. The molecule has 0 fully saturated rings. The Balaban J connectivity index is 3.53. The Kier molecular flexibility index (Phi) is 44.7. The highest BCUT2D eigenvalue weighted by molar-refractivity contribution is 5.69. The summed E-state index contributed by atoms with van der Waals surface area (Å²) in [6.45, 7) is 8.61. The molecule has 0 heterocycles. The van der Waals surface area contributed by atoms with Crippen LogP contribution in [0.1, 0.15) is 285 Å². The van der Waals surface area contributed by atoms with Gasteiger partial charge >= 0.3 is 23.9 Å². The number of unbranched alkanes of at least 4 members (excludes halogenated alkanes) is 29. The number of rotatable bonds is 47. The van der Waals surface area contributed by atoms with Gasteiger partial charge in [-0.1, -0.05) is 181 Å². The van der Waals surface area contributed by atoms with Crippen LogP contribution in [0.15, 0.2) is 0 Å². The van der Waals surface area contributed by atoms with Crippen molar-refractivity contribution < 1.29 is 38.1 Å². The third kappa shape index (κ3) is 45.4. The summed E-state index contributed by atoms with van der Waals surface area (Å²) in [5.41, 5.74) is 0. The van der Waals surface area contributed by atoms with Gasteiger partial charge in [-0.25, -0.2) is 0 Å². The molecule has 0 aliphatic carbocycles. The average Bonchev–Trinajstić information content (AvgIpc) is 3.21. The molecular formula is C52H98O8. The van der Waals surface area contributed by atoms with Crippen molar-refractivity contribution in [1.82, 2.24) is 0 Å². The van der Waals surface area contributed by atoms with E-state index in [0.717, 1.165) is 128 Å². The molecule has 0 rings (SSSR count). The minimum absolute atomic E-state index is 0.0531. The predicted molar refractivity (Wildman–Crippen MR) is 249 cm³/mol. The number of carbonyl (C=O) groups excluding carboxylic acids is 4. The summed E-state index contributed by atoms with van der Waals surface area (Å²) in [7, 11) is 0. The SMILES string of the molecule is CCCCCCCCCC(CCCCCCCC(=O)OCCCCCCCCCCCCOC(=O)CCCCCCCCC(CCCCCCCC)OC(C)=O)OC(C)=O. The molecule has 2 atom stereocenters. The van der Waals surface area contributed by atoms with Crippen molar-refractivity contribution >= 4 is 23.9 Å². The maximum Gasteiger partial charge on any atom is 0.305 e. The fourth-order valence-electron chi connectivity index (χ4n) is 8.13. The molecule has 60 heavy (non-hydrogen) atoms. The molecule has 0 amide bonds. The number of hydrogen-bond donors (Lipinski definition) is 0. The van der Waals surface area contributed by atoms with Gasteiger partial charge in [0.25, 0.3) is 0 Å². The molecule has 8 nitrogen and oxygen atoms in total. The minimum Gasteiger partial charge on any atom is -0.466 e. The molecule has 0 saturated heterocycles. The van der Waals surface area contributed by atoms with Crippen molar-refractivity contribution in [3.63, 3.8) is 0 Å². The summed E-state index contributed by atoms with van der Waals surface area (Å²) in [6, 6.07) is 0. The molecule has 0 N–H and O–H groups in total. The van der Waals surface area contributed by atoms with Crippen molar-refractivity contribution in [1.29, 1.82) is 0 Å². The average molecular weight is 851 g/mol. The van der Waals surface area contributed by atoms with E-state index in [2.05, 4.69) is 13.8 Å². The van der Waals surface area contributed by atoms with Crippen molar-refractivity contribution in [2.45, 2.75) is 297 Å². The van der Waals surface area contributed by atoms with E-state index in [4.69, 9.17) is 18.9 Å². The lowest BCUT2D eigenvalue weighted by Gasteiger charge is -2.17. The van der Waals surface area contributed by atoms with Gasteiger partial charge in [0.1, 0.15) is 12.2 Å². The summed E-state index contributed by atoms with van der Waals surface area (Å²) < 4.78 is 22.1. The summed E-state index contributed by atoms with van der Waals surface area (Å²) in [4.78, 5) is 47.2. The molecule has 0 aromatic rings. The molecule has 0 bridgehead atoms. The summed E-state index contributed by atoms with van der Waals surface area (Å²) in [6.07, 6.45) is 44.8. The second-order valence-corrected chi connectivity index (χ2v) is 17.9. The Hall–Kier alpha value is -2.12. The van der Waals surface area contributed by atoms with E-state index in [1.54, 1.807) is 0 Å². The molecule has 2 unspecified atom stereocenters. The zero-order valence-electron chi connectivity index (χ0n) is 40.1. The monoisotopic (exact) mass is 851 g/mol. The summed E-state index contributed by atoms with van der Waals surface area (Å²) in [5, 5.41) is 0. The lowest BCUT2D eigenvalue weighted by atomic mass is 10.0. The molecule has 0 saturated carbocycles. The Morgan fingerprint density at radius 1 is 0.317 bits per heavy atom. The van der Waals surface area contributed by atoms with Crippen molar-refractivity contribution in [3.05, 3.63) is 0 Å². The highest BCUT2D eigenvalue weighted by Crippen LogP contribution is 2.19. The number of esters is 4. The molecule has 0 radical (unpaired) electrons. The van der Waals surface area contributed by atoms with Crippen LogP contribution in [0, 0.1) is 0 Å². The van der Waals surface area contributed by atoms with Gasteiger partial charge in [-0.3, -0.25) is 19.2 Å². The van der Waals surface area contributed by atoms with Crippen molar-refractivity contribution in [2.75, 3.05) is 13.2 Å². The van der Waals surface area contributed by atoms with Crippen LogP contribution >= 0.6 is 0 Å². The molecule has 0 aliphatic rings. The van der Waals surface area contributed by atoms with Crippen molar-refractivity contribution in [3.8, 4) is 0 Å². The highest BCUT2D eigenvalue weighted by atomic mass is 16.5. The van der Waals surface area contributed by atoms with E-state index in [0.29, 0.717) is 26.1 Å². The van der Waals surface area contributed by atoms with Crippen LogP contribution in [0.3, 0.4) is 0 Å². The Labute approximate surface area is 370 Å². The van der Waals surface area contributed by atoms with Crippen molar-refractivity contribution in [2.24, 2.45) is 0 Å². The first kappa shape index (κ1) is 57.9. The van der Waals surface area contributed by atoms with Crippen LogP contribution in [0.2, 0.25) is 0 Å². The van der Waals surface area contributed by atoms with Gasteiger partial charge in [-0.05, 0) is 77.0 Å². The van der Waals surface area contributed by atoms with E-state index in [1.807, 2.05) is 0 Å². The minimum atomic E-state index is -0.166. The predicted octanol–water partition coefficient (Wildman–Crippen LogP) is 15.6. The Morgan fingerprint density at radius 3 is 0.817 bits per heavy atom. The molecule has 0 aromatic carbocycles. The Morgan fingerprint density at radius 2 is 0.550 bits per heavy atom. The highest BCUT2D eigenvalue weighted by Gasteiger charge is 2.13. The largest absolute Gasteiger partial charge is 0.466 e. The first-order chi connectivity index (χ1) is 29.3. The van der Waals surface area contributed by atoms with Gasteiger partial charge in [-0.2, -0.15) is 0 Å². The van der Waals surface area contributed by atoms with Gasteiger partial charge < -0.3 is 18.9 Å². The van der Waals surface area contributed by atoms with E-state index < -0.39 is 0 Å². The fourth-order valence-corrected chi connectivity index (χ4v) is 8.13. The van der Waals surface area contributed by atoms with Gasteiger partial charge in [0.2, 0.25) is 0 Å². The van der Waals surface area contributed by atoms with Gasteiger partial charge in [-0.15, -0.1) is 0 Å². The van der Waals surface area contributed by atoms with Crippen LogP contribution in [-0.2, 0) is 38.1 Å². The first-order valence-electron chi connectivity index (χ1n) is 25.9. The van der Waals surface area contributed by atoms with Gasteiger partial charge in [0.15, 0.2) is 0 Å². The standard InChI is InChI=1S/C52H98O8/c1-5-7-9-11-17-24-32-40-50(60-48(4)54)42-34-26-22-28-36-44-52(56)58-46-38-30-21-16-14-13-15-20-29-37-45-57-51(55)43-35-27-19-18-25-33-41-49(59-47(3)53)39-31-23-12-10-8-6-2/h49-50H,5-46H2,1-4H3. The topological polar surface area (TPSA) is 105 Å². The molecule has 354 valence electrons. The normalized spacial score (nSPS) is 12.3. The second-order valence-electron chi connectivity index (χ2n) is 17.9. The molecular weight excluding hydrogens is 753 g/mol. The molecule has 0 aliphatic heterocycles. The maximum atomic E-state index is 12.1. The van der Waals surface area contributed by atoms with Crippen LogP contribution in [0.5, 0.6) is 0 Å². The van der Waals surface area contributed by atoms with Gasteiger partial charge in [0, 0.05) is 26.7 Å². The van der Waals surface area contributed by atoms with Crippen LogP contribution < -0.4 is 0 Å². The zero-order chi connectivity index (χ0) is 44.0. The number of ether oxygens (including phenoxy) is 4. The van der Waals surface area contributed by atoms with E-state index in [9.17, 15) is 19.2 Å². The molecule has 0 spiro atoms. The first-order valence-corrected chi connectivity index (χ1v) is 25.9. The quantitative estimate of drug-likeness (QED) is 0.0339. The Bertz CT molecular complexity index is 968. The summed E-state index contributed by atoms with van der Waals surface area (Å²) in [5.74, 6) is -0.439. The van der Waals surface area contributed by atoms with Crippen LogP contribution in [0.4, 0.5) is 0 Å². The van der Waals surface area contributed by atoms with E-state index in [1.165, 1.54) is 129 Å². The maximum absolute atomic E-state index is 12.1. The smallest absolute Gasteiger partial charge is 0.305 e. The zero-order valence-corrected chi connectivity index (χ0v) is 40.1. The number of hydrogen-bond acceptors (Lipinski definition) is 8. The van der Waals surface area contributed by atoms with Crippen LogP contribution in [-0.4, -0.2) is 49.3 Å². The van der Waals surface area contributed by atoms with Crippen LogP contribution in [0.25, 0.3) is 0 Å². The molecule has 8 heteroatoms. The third-order valence-electron chi connectivity index (χ3n) is 11.8. The third-order valence-corrected chi connectivity index (χ3v) is 11.8. The van der Waals surface area contributed by atoms with E-state index in [-0.39, 0.29) is 36.1 Å². The van der Waals surface area contributed by atoms with Gasteiger partial charge in [0.05, 0.1) is 13.2 Å². The fraction of sp³-hybridized carbons (Fsp3) is 0.923. The second kappa shape index (κ2) is 46.4. The van der Waals surface area contributed by atoms with E-state index >= 15 is 0 Å². The lowest BCUT2D eigenvalue weighted by molar-refractivity contribution is -0.148.